The van der Waals surface area contributed by atoms with Crippen molar-refractivity contribution in [2.75, 3.05) is 0 Å². The van der Waals surface area contributed by atoms with Crippen molar-refractivity contribution >= 4 is 17.6 Å². The van der Waals surface area contributed by atoms with Crippen molar-refractivity contribution in [1.29, 1.82) is 0 Å². The van der Waals surface area contributed by atoms with E-state index in [1.165, 1.54) is 26.1 Å². The highest BCUT2D eigenvalue weighted by atomic mass is 16.3. The quantitative estimate of drug-likeness (QED) is 0.503. The van der Waals surface area contributed by atoms with E-state index in [0.717, 1.165) is 36.8 Å². The highest BCUT2D eigenvalue weighted by molar-refractivity contribution is 6.09. The first-order chi connectivity index (χ1) is 16.2. The predicted octanol–water partition coefficient (Wildman–Crippen LogP) is 3.01. The van der Waals surface area contributed by atoms with Gasteiger partial charge in [-0.2, -0.15) is 0 Å². The summed E-state index contributed by atoms with van der Waals surface area (Å²) in [5.74, 6) is -1.24. The van der Waals surface area contributed by atoms with Gasteiger partial charge in [0.15, 0.2) is 0 Å². The Labute approximate surface area is 200 Å². The number of hydrogen-bond donors (Lipinski definition) is 2. The molecule has 2 N–H and O–H groups in total. The van der Waals surface area contributed by atoms with Crippen LogP contribution in [0, 0.1) is 6.92 Å². The summed E-state index contributed by atoms with van der Waals surface area (Å²) in [6.45, 7) is 5.52. The van der Waals surface area contributed by atoms with E-state index in [2.05, 4.69) is 10.3 Å². The Morgan fingerprint density at radius 3 is 2.59 bits per heavy atom. The maximum atomic E-state index is 13.8. The lowest BCUT2D eigenvalue weighted by Crippen LogP contribution is -2.64. The Kier molecular flexibility index (Phi) is 6.89. The van der Waals surface area contributed by atoms with Crippen LogP contribution in [0.25, 0.3) is 0 Å². The molecule has 1 aliphatic heterocycles. The molecular formula is C26H34N4O4. The average Bonchev–Trinajstić information content (AvgIpc) is 3.03. The van der Waals surface area contributed by atoms with E-state index in [4.69, 9.17) is 0 Å². The molecule has 34 heavy (non-hydrogen) atoms. The second kappa shape index (κ2) is 9.70. The maximum absolute atomic E-state index is 13.8. The van der Waals surface area contributed by atoms with E-state index in [1.807, 2.05) is 31.2 Å². The number of hydrogen-bond acceptors (Lipinski definition) is 5. The summed E-state index contributed by atoms with van der Waals surface area (Å²) in [4.78, 5) is 45.8. The van der Waals surface area contributed by atoms with Crippen LogP contribution in [0.1, 0.15) is 84.5 Å². The molecule has 182 valence electrons. The molecule has 8 nitrogen and oxygen atoms in total. The average molecular weight is 467 g/mol. The number of carbonyl (C=O) groups excluding carboxylic acids is 3. The van der Waals surface area contributed by atoms with E-state index >= 15 is 0 Å². The molecule has 1 fully saturated rings. The number of rotatable bonds is 6. The van der Waals surface area contributed by atoms with Crippen molar-refractivity contribution in [3.8, 4) is 0 Å². The number of amides is 2. The minimum absolute atomic E-state index is 0.0551. The number of aliphatic hydroxyl groups excluding tert-OH is 1. The highest BCUT2D eigenvalue weighted by Gasteiger charge is 2.49. The second-order valence-electron chi connectivity index (χ2n) is 9.93. The molecular weight excluding hydrogens is 432 g/mol. The molecule has 2 unspecified atom stereocenters. The molecule has 0 radical (unpaired) electrons. The molecule has 8 heteroatoms. The topological polar surface area (TPSA) is 105 Å². The number of Topliss-reactive ketones (excluding diaryl/α,β-unsaturated/α-hetero) is 1. The van der Waals surface area contributed by atoms with Gasteiger partial charge in [0, 0.05) is 12.6 Å². The SMILES string of the molecule is Cc1cccc(CN2C(=O)c3c(C(=O)C(C)O)ncn3CC2(C)C(=O)NC2CCCCCC2)c1. The predicted molar refractivity (Wildman–Crippen MR) is 127 cm³/mol. The normalized spacial score (nSPS) is 22.1. The van der Waals surface area contributed by atoms with E-state index in [-0.39, 0.29) is 36.4 Å². The molecule has 1 aromatic carbocycles. The summed E-state index contributed by atoms with van der Waals surface area (Å²) in [6, 6.07) is 7.92. The van der Waals surface area contributed by atoms with Crippen LogP contribution in [0.15, 0.2) is 30.6 Å². The zero-order valence-electron chi connectivity index (χ0n) is 20.2. The summed E-state index contributed by atoms with van der Waals surface area (Å²) < 4.78 is 1.58. The summed E-state index contributed by atoms with van der Waals surface area (Å²) in [5, 5.41) is 13.0. The summed E-state index contributed by atoms with van der Waals surface area (Å²) >= 11 is 0. The summed E-state index contributed by atoms with van der Waals surface area (Å²) in [7, 11) is 0. The number of nitrogens with one attached hydrogen (secondary N) is 1. The third-order valence-electron chi connectivity index (χ3n) is 7.07. The number of carbonyl (C=O) groups is 3. The van der Waals surface area contributed by atoms with Crippen molar-refractivity contribution in [1.82, 2.24) is 19.8 Å². The minimum Gasteiger partial charge on any atom is -0.385 e. The number of imidazole rings is 1. The van der Waals surface area contributed by atoms with Crippen LogP contribution in [-0.4, -0.2) is 54.8 Å². The number of ketones is 1. The molecule has 1 aromatic heterocycles. The summed E-state index contributed by atoms with van der Waals surface area (Å²) in [6.07, 6.45) is 6.57. The van der Waals surface area contributed by atoms with Crippen molar-refractivity contribution in [2.45, 2.75) is 90.1 Å². The van der Waals surface area contributed by atoms with Crippen LogP contribution < -0.4 is 5.32 Å². The van der Waals surface area contributed by atoms with Gasteiger partial charge in [0.2, 0.25) is 11.7 Å². The molecule has 2 amide bonds. The van der Waals surface area contributed by atoms with Gasteiger partial charge in [-0.1, -0.05) is 55.5 Å². The van der Waals surface area contributed by atoms with Crippen LogP contribution >= 0.6 is 0 Å². The van der Waals surface area contributed by atoms with Crippen LogP contribution in [-0.2, 0) is 17.9 Å². The van der Waals surface area contributed by atoms with Crippen molar-refractivity contribution < 1.29 is 19.5 Å². The molecule has 0 saturated heterocycles. The first-order valence-corrected chi connectivity index (χ1v) is 12.2. The number of fused-ring (bicyclic) bond motifs is 1. The van der Waals surface area contributed by atoms with Crippen LogP contribution in [0.4, 0.5) is 0 Å². The van der Waals surface area contributed by atoms with Gasteiger partial charge in [-0.3, -0.25) is 14.4 Å². The molecule has 0 spiro atoms. The smallest absolute Gasteiger partial charge is 0.274 e. The number of benzene rings is 1. The Bertz CT molecular complexity index is 1080. The molecule has 1 saturated carbocycles. The van der Waals surface area contributed by atoms with Crippen molar-refractivity contribution in [2.24, 2.45) is 0 Å². The van der Waals surface area contributed by atoms with Crippen LogP contribution in [0.2, 0.25) is 0 Å². The highest BCUT2D eigenvalue weighted by Crippen LogP contribution is 2.31. The Morgan fingerprint density at radius 2 is 1.94 bits per heavy atom. The largest absolute Gasteiger partial charge is 0.385 e. The van der Waals surface area contributed by atoms with Gasteiger partial charge in [0.25, 0.3) is 5.91 Å². The molecule has 2 aromatic rings. The zero-order valence-corrected chi connectivity index (χ0v) is 20.2. The fraction of sp³-hybridized carbons (Fsp3) is 0.538. The van der Waals surface area contributed by atoms with Gasteiger partial charge in [-0.25, -0.2) is 4.98 Å². The van der Waals surface area contributed by atoms with Gasteiger partial charge in [0.05, 0.1) is 12.9 Å². The molecule has 2 aliphatic rings. The van der Waals surface area contributed by atoms with Gasteiger partial charge < -0.3 is 19.9 Å². The molecule has 4 rings (SSSR count). The number of nitrogens with zero attached hydrogens (tertiary/aromatic N) is 3. The minimum atomic E-state index is -1.27. The van der Waals surface area contributed by atoms with Gasteiger partial charge in [-0.15, -0.1) is 0 Å². The third-order valence-corrected chi connectivity index (χ3v) is 7.07. The van der Waals surface area contributed by atoms with E-state index in [0.29, 0.717) is 0 Å². The van der Waals surface area contributed by atoms with Gasteiger partial charge >= 0.3 is 0 Å². The lowest BCUT2D eigenvalue weighted by molar-refractivity contribution is -0.134. The van der Waals surface area contributed by atoms with Crippen LogP contribution in [0.5, 0.6) is 0 Å². The lowest BCUT2D eigenvalue weighted by Gasteiger charge is -2.44. The Hall–Kier alpha value is -3.00. The Balaban J connectivity index is 1.71. The molecule has 1 aliphatic carbocycles. The monoisotopic (exact) mass is 466 g/mol. The van der Waals surface area contributed by atoms with E-state index in [1.54, 1.807) is 16.4 Å². The third kappa shape index (κ3) is 4.64. The van der Waals surface area contributed by atoms with Gasteiger partial charge in [-0.05, 0) is 39.2 Å². The number of aryl methyl sites for hydroxylation is 1. The zero-order chi connectivity index (χ0) is 24.5. The van der Waals surface area contributed by atoms with Crippen molar-refractivity contribution in [3.05, 3.63) is 53.1 Å². The molecule has 2 atom stereocenters. The first kappa shape index (κ1) is 24.1. The second-order valence-corrected chi connectivity index (χ2v) is 9.93. The number of aromatic nitrogens is 2. The maximum Gasteiger partial charge on any atom is 0.274 e. The van der Waals surface area contributed by atoms with Gasteiger partial charge in [0.1, 0.15) is 23.0 Å². The summed E-state index contributed by atoms with van der Waals surface area (Å²) in [5.41, 5.74) is 0.866. The fourth-order valence-corrected chi connectivity index (χ4v) is 5.07. The number of aliphatic hydroxyl groups is 1. The fourth-order valence-electron chi connectivity index (χ4n) is 5.07. The lowest BCUT2D eigenvalue weighted by atomic mass is 9.92. The van der Waals surface area contributed by atoms with E-state index < -0.39 is 23.3 Å². The van der Waals surface area contributed by atoms with Crippen molar-refractivity contribution in [3.63, 3.8) is 0 Å². The molecule has 2 heterocycles. The standard InChI is InChI=1S/C26H34N4O4/c1-17-9-8-10-19(13-17)14-30-24(33)22-21(23(32)18(2)31)27-16-29(22)15-26(30,3)25(34)28-20-11-6-4-5-7-12-20/h8-10,13,16,18,20,31H,4-7,11-12,14-15H2,1-3H3,(H,28,34). The Morgan fingerprint density at radius 1 is 1.24 bits per heavy atom. The van der Waals surface area contributed by atoms with E-state index in [9.17, 15) is 19.5 Å². The van der Waals surface area contributed by atoms with Crippen LogP contribution in [0.3, 0.4) is 0 Å². The first-order valence-electron chi connectivity index (χ1n) is 12.2. The molecule has 0 bridgehead atoms.